The summed E-state index contributed by atoms with van der Waals surface area (Å²) in [5.74, 6) is -0.251. The number of benzene rings is 1. The van der Waals surface area contributed by atoms with Gasteiger partial charge in [0.05, 0.1) is 11.4 Å². The summed E-state index contributed by atoms with van der Waals surface area (Å²) in [6, 6.07) is 5.09. The van der Waals surface area contributed by atoms with Crippen LogP contribution < -0.4 is 5.32 Å². The molecule has 6 heteroatoms. The Balaban J connectivity index is 2.46. The van der Waals surface area contributed by atoms with Gasteiger partial charge in [0.1, 0.15) is 10.7 Å². The van der Waals surface area contributed by atoms with Gasteiger partial charge in [-0.25, -0.2) is 0 Å². The fraction of sp³-hybridized carbons (Fsp3) is 0.182. The quantitative estimate of drug-likeness (QED) is 0.794. The summed E-state index contributed by atoms with van der Waals surface area (Å²) >= 11 is 6.74. The molecule has 1 aromatic carbocycles. The van der Waals surface area contributed by atoms with Crippen LogP contribution in [0.2, 0.25) is 5.02 Å². The molecule has 1 atom stereocenters. The molecular formula is C11H8ClN3OS. The number of hydrogen-bond donors (Lipinski definition) is 1. The van der Waals surface area contributed by atoms with E-state index < -0.39 is 5.25 Å². The maximum Gasteiger partial charge on any atom is 0.244 e. The Morgan fingerprint density at radius 2 is 2.35 bits per heavy atom. The van der Waals surface area contributed by atoms with Crippen molar-refractivity contribution in [1.29, 1.82) is 5.26 Å². The highest BCUT2D eigenvalue weighted by Gasteiger charge is 2.26. The monoisotopic (exact) mass is 265 g/mol. The Bertz CT molecular complexity index is 550. The highest BCUT2D eigenvalue weighted by atomic mass is 35.5. The van der Waals surface area contributed by atoms with Gasteiger partial charge in [0.25, 0.3) is 0 Å². The number of thioether (sulfide) groups is 1. The lowest BCUT2D eigenvalue weighted by Crippen LogP contribution is -2.29. The zero-order valence-electron chi connectivity index (χ0n) is 8.90. The molecular weight excluding hydrogens is 258 g/mol. The van der Waals surface area contributed by atoms with Crippen LogP contribution in [0.15, 0.2) is 23.2 Å². The van der Waals surface area contributed by atoms with Crippen LogP contribution in [0.25, 0.3) is 0 Å². The molecule has 0 spiro atoms. The number of amides is 1. The standard InChI is InChI=1S/C11H8ClN3OS/c1-6-10(17-5-13)11(16)15-9-4-7(12)2-3-8(9)14-6/h2-4,10H,1H3,(H,15,16). The first-order chi connectivity index (χ1) is 8.11. The smallest absolute Gasteiger partial charge is 0.244 e. The number of aliphatic imine (C=N–C) groups is 1. The fourth-order valence-electron chi connectivity index (χ4n) is 1.53. The van der Waals surface area contributed by atoms with E-state index in [2.05, 4.69) is 10.3 Å². The van der Waals surface area contributed by atoms with Gasteiger partial charge in [0.15, 0.2) is 0 Å². The van der Waals surface area contributed by atoms with Crippen molar-refractivity contribution in [1.82, 2.24) is 0 Å². The summed E-state index contributed by atoms with van der Waals surface area (Å²) in [7, 11) is 0. The van der Waals surface area contributed by atoms with Crippen LogP contribution >= 0.6 is 23.4 Å². The van der Waals surface area contributed by atoms with Crippen molar-refractivity contribution < 1.29 is 4.79 Å². The Hall–Kier alpha value is -1.51. The van der Waals surface area contributed by atoms with Gasteiger partial charge in [-0.1, -0.05) is 11.6 Å². The number of hydrogen-bond acceptors (Lipinski definition) is 4. The molecule has 1 N–H and O–H groups in total. The van der Waals surface area contributed by atoms with E-state index in [1.165, 1.54) is 0 Å². The van der Waals surface area contributed by atoms with Gasteiger partial charge in [-0.3, -0.25) is 9.79 Å². The number of fused-ring (bicyclic) bond motifs is 1. The number of halogens is 1. The normalized spacial score (nSPS) is 18.5. The fourth-order valence-corrected chi connectivity index (χ4v) is 2.20. The minimum atomic E-state index is -0.578. The third-order valence-electron chi connectivity index (χ3n) is 2.30. The average molecular weight is 266 g/mol. The molecule has 1 unspecified atom stereocenters. The van der Waals surface area contributed by atoms with Crippen LogP contribution in [0.5, 0.6) is 0 Å². The van der Waals surface area contributed by atoms with E-state index in [-0.39, 0.29) is 5.91 Å². The molecule has 1 aromatic rings. The average Bonchev–Trinajstić information content (AvgIpc) is 2.38. The number of carbonyl (C=O) groups excluding carboxylic acids is 1. The van der Waals surface area contributed by atoms with Crippen LogP contribution in [0, 0.1) is 10.7 Å². The van der Waals surface area contributed by atoms with Crippen LogP contribution in [0.1, 0.15) is 6.92 Å². The Morgan fingerprint density at radius 3 is 3.06 bits per heavy atom. The highest BCUT2D eigenvalue weighted by Crippen LogP contribution is 2.32. The Morgan fingerprint density at radius 1 is 1.59 bits per heavy atom. The molecule has 0 aromatic heterocycles. The molecule has 0 aliphatic carbocycles. The Kier molecular flexibility index (Phi) is 3.36. The minimum Gasteiger partial charge on any atom is -0.323 e. The largest absolute Gasteiger partial charge is 0.323 e. The van der Waals surface area contributed by atoms with Gasteiger partial charge in [0.2, 0.25) is 5.91 Å². The van der Waals surface area contributed by atoms with Crippen LogP contribution in [-0.4, -0.2) is 16.9 Å². The lowest BCUT2D eigenvalue weighted by molar-refractivity contribution is -0.114. The SMILES string of the molecule is CC1=Nc2ccc(Cl)cc2NC(=O)C1SC#N. The minimum absolute atomic E-state index is 0.251. The van der Waals surface area contributed by atoms with Gasteiger partial charge < -0.3 is 5.32 Å². The molecule has 1 aliphatic rings. The predicted molar refractivity (Wildman–Crippen MR) is 69.8 cm³/mol. The third kappa shape index (κ3) is 2.43. The molecule has 1 amide bonds. The van der Waals surface area contributed by atoms with Gasteiger partial charge in [0, 0.05) is 10.7 Å². The van der Waals surface area contributed by atoms with E-state index in [9.17, 15) is 4.79 Å². The highest BCUT2D eigenvalue weighted by molar-refractivity contribution is 8.05. The number of nitrogens with zero attached hydrogens (tertiary/aromatic N) is 2. The number of nitrogens with one attached hydrogen (secondary N) is 1. The van der Waals surface area contributed by atoms with Crippen molar-refractivity contribution in [3.63, 3.8) is 0 Å². The molecule has 17 heavy (non-hydrogen) atoms. The maximum atomic E-state index is 11.9. The van der Waals surface area contributed by atoms with E-state index in [4.69, 9.17) is 16.9 Å². The lowest BCUT2D eigenvalue weighted by Gasteiger charge is -2.08. The van der Waals surface area contributed by atoms with Crippen LogP contribution in [0.4, 0.5) is 11.4 Å². The number of thiocyanates is 1. The van der Waals surface area contributed by atoms with Gasteiger partial charge in [-0.05, 0) is 36.9 Å². The maximum absolute atomic E-state index is 11.9. The topological polar surface area (TPSA) is 65.2 Å². The van der Waals surface area contributed by atoms with E-state index in [1.54, 1.807) is 25.1 Å². The molecule has 4 nitrogen and oxygen atoms in total. The first-order valence-electron chi connectivity index (χ1n) is 4.82. The van der Waals surface area contributed by atoms with Crippen molar-refractivity contribution in [2.75, 3.05) is 5.32 Å². The second-order valence-corrected chi connectivity index (χ2v) is 4.82. The summed E-state index contributed by atoms with van der Waals surface area (Å²) in [6.45, 7) is 1.73. The number of nitriles is 1. The van der Waals surface area contributed by atoms with Gasteiger partial charge >= 0.3 is 0 Å². The third-order valence-corrected chi connectivity index (χ3v) is 3.43. The number of anilines is 1. The number of carbonyl (C=O) groups is 1. The molecule has 1 heterocycles. The van der Waals surface area contributed by atoms with Gasteiger partial charge in [-0.15, -0.1) is 0 Å². The van der Waals surface area contributed by atoms with E-state index in [0.717, 1.165) is 11.8 Å². The molecule has 0 radical (unpaired) electrons. The molecule has 0 fully saturated rings. The van der Waals surface area contributed by atoms with Gasteiger partial charge in [-0.2, -0.15) is 5.26 Å². The molecule has 0 saturated heterocycles. The summed E-state index contributed by atoms with van der Waals surface area (Å²) < 4.78 is 0. The molecule has 0 bridgehead atoms. The zero-order chi connectivity index (χ0) is 12.4. The van der Waals surface area contributed by atoms with Crippen molar-refractivity contribution in [2.24, 2.45) is 4.99 Å². The second-order valence-electron chi connectivity index (χ2n) is 3.49. The van der Waals surface area contributed by atoms with E-state index in [0.29, 0.717) is 22.1 Å². The molecule has 86 valence electrons. The summed E-state index contributed by atoms with van der Waals surface area (Å²) in [6.07, 6.45) is 0. The second kappa shape index (κ2) is 4.78. The summed E-state index contributed by atoms with van der Waals surface area (Å²) in [5.41, 5.74) is 1.83. The van der Waals surface area contributed by atoms with Crippen molar-refractivity contribution >= 4 is 46.4 Å². The van der Waals surface area contributed by atoms with Crippen LogP contribution in [-0.2, 0) is 4.79 Å². The van der Waals surface area contributed by atoms with Crippen molar-refractivity contribution in [3.05, 3.63) is 23.2 Å². The lowest BCUT2D eigenvalue weighted by atomic mass is 10.2. The predicted octanol–water partition coefficient (Wildman–Crippen LogP) is 2.97. The van der Waals surface area contributed by atoms with Crippen LogP contribution in [0.3, 0.4) is 0 Å². The zero-order valence-corrected chi connectivity index (χ0v) is 10.5. The Labute approximate surface area is 108 Å². The van der Waals surface area contributed by atoms with E-state index >= 15 is 0 Å². The molecule has 1 aliphatic heterocycles. The summed E-state index contributed by atoms with van der Waals surface area (Å²) in [5, 5.41) is 13.2. The van der Waals surface area contributed by atoms with E-state index in [1.807, 2.05) is 5.40 Å². The first kappa shape index (κ1) is 12.0. The first-order valence-corrected chi connectivity index (χ1v) is 6.08. The van der Waals surface area contributed by atoms with Crippen molar-refractivity contribution in [2.45, 2.75) is 12.2 Å². The molecule has 2 rings (SSSR count). The number of rotatable bonds is 1. The molecule has 0 saturated carbocycles. The van der Waals surface area contributed by atoms with Crippen molar-refractivity contribution in [3.8, 4) is 5.40 Å². The summed E-state index contributed by atoms with van der Waals surface area (Å²) in [4.78, 5) is 16.2.